The minimum Gasteiger partial charge on any atom is -0.277 e. The lowest BCUT2D eigenvalue weighted by Gasteiger charge is -2.03. The van der Waals surface area contributed by atoms with Crippen molar-refractivity contribution in [2.24, 2.45) is 5.10 Å². The molecule has 1 heterocycles. The zero-order valence-electron chi connectivity index (χ0n) is 12.8. The van der Waals surface area contributed by atoms with E-state index in [0.29, 0.717) is 5.01 Å². The molecule has 118 valence electrons. The molecule has 0 bridgehead atoms. The van der Waals surface area contributed by atoms with E-state index < -0.39 is 0 Å². The van der Waals surface area contributed by atoms with Crippen molar-refractivity contribution in [2.45, 2.75) is 6.92 Å². The second kappa shape index (κ2) is 7.39. The van der Waals surface area contributed by atoms with E-state index in [1.165, 1.54) is 11.3 Å². The Morgan fingerprint density at radius 2 is 2.08 bits per heavy atom. The van der Waals surface area contributed by atoms with Crippen molar-refractivity contribution in [3.8, 4) is 17.3 Å². The van der Waals surface area contributed by atoms with Gasteiger partial charge in [-0.3, -0.25) is 5.43 Å². The molecule has 0 aliphatic carbocycles. The lowest BCUT2D eigenvalue weighted by atomic mass is 10.2. The highest BCUT2D eigenvalue weighted by Gasteiger charge is 2.11. The van der Waals surface area contributed by atoms with Crippen molar-refractivity contribution in [3.63, 3.8) is 0 Å². The first kappa shape index (κ1) is 16.4. The van der Waals surface area contributed by atoms with Gasteiger partial charge in [-0.25, -0.2) is 4.98 Å². The number of aryl methyl sites for hydroxylation is 1. The number of nitrogens with zero attached hydrogens (tertiary/aromatic N) is 3. The summed E-state index contributed by atoms with van der Waals surface area (Å²) in [5.41, 5.74) is 6.97. The minimum absolute atomic E-state index is 0.268. The number of nitriles is 1. The summed E-state index contributed by atoms with van der Waals surface area (Å²) in [5, 5.41) is 16.1. The van der Waals surface area contributed by atoms with E-state index >= 15 is 0 Å². The van der Waals surface area contributed by atoms with Gasteiger partial charge in [-0.15, -0.1) is 11.3 Å². The molecule has 3 rings (SSSR count). The summed E-state index contributed by atoms with van der Waals surface area (Å²) in [6, 6.07) is 17.8. The number of hydrazone groups is 1. The summed E-state index contributed by atoms with van der Waals surface area (Å²) in [5.74, 6) is 0. The Morgan fingerprint density at radius 3 is 2.83 bits per heavy atom. The number of anilines is 1. The van der Waals surface area contributed by atoms with Crippen LogP contribution in [0.4, 0.5) is 5.69 Å². The van der Waals surface area contributed by atoms with Gasteiger partial charge in [-0.05, 0) is 30.7 Å². The van der Waals surface area contributed by atoms with Crippen LogP contribution in [0.1, 0.15) is 10.6 Å². The number of hydrogen-bond acceptors (Lipinski definition) is 5. The summed E-state index contributed by atoms with van der Waals surface area (Å²) < 4.78 is 0.991. The van der Waals surface area contributed by atoms with Crippen LogP contribution < -0.4 is 5.43 Å². The van der Waals surface area contributed by atoms with Crippen LogP contribution in [-0.4, -0.2) is 10.7 Å². The molecule has 1 N–H and O–H groups in total. The van der Waals surface area contributed by atoms with Crippen molar-refractivity contribution in [1.82, 2.24) is 4.98 Å². The molecule has 0 saturated heterocycles. The Balaban J connectivity index is 1.86. The number of rotatable bonds is 4. The van der Waals surface area contributed by atoms with Crippen LogP contribution in [0.25, 0.3) is 11.3 Å². The number of nitrogens with one attached hydrogen (secondary N) is 1. The van der Waals surface area contributed by atoms with Crippen LogP contribution >= 0.6 is 27.3 Å². The molecule has 4 nitrogen and oxygen atoms in total. The highest BCUT2D eigenvalue weighted by molar-refractivity contribution is 9.10. The number of hydrogen-bond donors (Lipinski definition) is 1. The zero-order valence-corrected chi connectivity index (χ0v) is 15.2. The van der Waals surface area contributed by atoms with Crippen LogP contribution in [0.5, 0.6) is 0 Å². The van der Waals surface area contributed by atoms with Gasteiger partial charge < -0.3 is 0 Å². The molecule has 0 atom stereocenters. The predicted molar refractivity (Wildman–Crippen MR) is 102 cm³/mol. The van der Waals surface area contributed by atoms with Gasteiger partial charge in [-0.2, -0.15) is 10.4 Å². The van der Waals surface area contributed by atoms with E-state index in [2.05, 4.69) is 37.5 Å². The number of thiazole rings is 1. The molecule has 1 aromatic heterocycles. The van der Waals surface area contributed by atoms with E-state index in [0.717, 1.165) is 27.0 Å². The third kappa shape index (κ3) is 3.70. The Kier molecular flexibility index (Phi) is 5.04. The van der Waals surface area contributed by atoms with Crippen molar-refractivity contribution in [2.75, 3.05) is 5.43 Å². The molecule has 24 heavy (non-hydrogen) atoms. The van der Waals surface area contributed by atoms with Crippen LogP contribution in [0, 0.1) is 18.3 Å². The van der Waals surface area contributed by atoms with E-state index in [1.54, 1.807) is 0 Å². The Morgan fingerprint density at radius 1 is 1.25 bits per heavy atom. The second-order valence-electron chi connectivity index (χ2n) is 5.05. The fourth-order valence-electron chi connectivity index (χ4n) is 2.10. The topological polar surface area (TPSA) is 61.1 Å². The molecule has 0 amide bonds. The average molecular weight is 397 g/mol. The molecule has 3 aromatic rings. The fourth-order valence-corrected chi connectivity index (χ4v) is 3.26. The summed E-state index contributed by atoms with van der Waals surface area (Å²) >= 11 is 4.86. The van der Waals surface area contributed by atoms with Gasteiger partial charge in [0.1, 0.15) is 6.07 Å². The van der Waals surface area contributed by atoms with Gasteiger partial charge in [0.15, 0.2) is 10.7 Å². The highest BCUT2D eigenvalue weighted by atomic mass is 79.9. The Labute approximate surface area is 152 Å². The molecule has 6 heteroatoms. The largest absolute Gasteiger partial charge is 0.277 e. The molecule has 2 aromatic carbocycles. The first-order valence-corrected chi connectivity index (χ1v) is 8.86. The van der Waals surface area contributed by atoms with Gasteiger partial charge in [0.25, 0.3) is 0 Å². The summed E-state index contributed by atoms with van der Waals surface area (Å²) in [6.45, 7) is 1.98. The molecule has 0 fully saturated rings. The van der Waals surface area contributed by atoms with Gasteiger partial charge >= 0.3 is 0 Å². The van der Waals surface area contributed by atoms with Gasteiger partial charge in [0.2, 0.25) is 0 Å². The Bertz CT molecular complexity index is 940. The van der Waals surface area contributed by atoms with Gasteiger partial charge in [0, 0.05) is 15.4 Å². The van der Waals surface area contributed by atoms with E-state index in [1.807, 2.05) is 60.8 Å². The summed E-state index contributed by atoms with van der Waals surface area (Å²) in [7, 11) is 0. The molecule has 0 radical (unpaired) electrons. The van der Waals surface area contributed by atoms with Crippen molar-refractivity contribution >= 4 is 38.7 Å². The van der Waals surface area contributed by atoms with Gasteiger partial charge in [-0.1, -0.05) is 46.3 Å². The van der Waals surface area contributed by atoms with Crippen LogP contribution in [0.3, 0.4) is 0 Å². The van der Waals surface area contributed by atoms with Gasteiger partial charge in [0.05, 0.1) is 11.4 Å². The molecule has 0 unspecified atom stereocenters. The fraction of sp³-hybridized carbons (Fsp3) is 0.0556. The Hall–Kier alpha value is -2.49. The maximum atomic E-state index is 9.39. The van der Waals surface area contributed by atoms with E-state index in [9.17, 15) is 5.26 Å². The zero-order chi connectivity index (χ0) is 16.9. The number of halogens is 1. The van der Waals surface area contributed by atoms with Crippen molar-refractivity contribution < 1.29 is 0 Å². The monoisotopic (exact) mass is 396 g/mol. The first-order chi connectivity index (χ1) is 11.7. The number of benzene rings is 2. The minimum atomic E-state index is 0.268. The molecule has 0 aliphatic rings. The molecule has 0 spiro atoms. The smallest absolute Gasteiger partial charge is 0.196 e. The lowest BCUT2D eigenvalue weighted by Crippen LogP contribution is -2.02. The first-order valence-electron chi connectivity index (χ1n) is 7.18. The molecule has 0 saturated carbocycles. The maximum absolute atomic E-state index is 9.39. The summed E-state index contributed by atoms with van der Waals surface area (Å²) in [4.78, 5) is 4.53. The standard InChI is InChI=1S/C18H13BrN4S/c1-12-5-2-3-8-15(12)22-23-16(10-20)18-21-17(11-24-18)13-6-4-7-14(19)9-13/h2-9,11,22H,1H3. The maximum Gasteiger partial charge on any atom is 0.196 e. The second-order valence-corrected chi connectivity index (χ2v) is 6.82. The number of aromatic nitrogens is 1. The normalized spacial score (nSPS) is 11.1. The van der Waals surface area contributed by atoms with Crippen molar-refractivity contribution in [1.29, 1.82) is 5.26 Å². The van der Waals surface area contributed by atoms with Crippen molar-refractivity contribution in [3.05, 3.63) is 69.0 Å². The van der Waals surface area contributed by atoms with E-state index in [-0.39, 0.29) is 5.71 Å². The van der Waals surface area contributed by atoms with Crippen LogP contribution in [0.2, 0.25) is 0 Å². The molecular weight excluding hydrogens is 384 g/mol. The van der Waals surface area contributed by atoms with E-state index in [4.69, 9.17) is 0 Å². The third-order valence-corrected chi connectivity index (χ3v) is 4.71. The molecule has 0 aliphatic heterocycles. The summed E-state index contributed by atoms with van der Waals surface area (Å²) in [6.07, 6.45) is 0. The van der Waals surface area contributed by atoms with Crippen LogP contribution in [0.15, 0.2) is 63.5 Å². The average Bonchev–Trinajstić information content (AvgIpc) is 3.07. The SMILES string of the molecule is Cc1ccccc1NN=C(C#N)c1nc(-c2cccc(Br)c2)cs1. The molecular formula is C18H13BrN4S. The van der Waals surface area contributed by atoms with Crippen LogP contribution in [-0.2, 0) is 0 Å². The quantitative estimate of drug-likeness (QED) is 0.485. The predicted octanol–water partition coefficient (Wildman–Crippen LogP) is 5.22. The number of para-hydroxylation sites is 1. The highest BCUT2D eigenvalue weighted by Crippen LogP contribution is 2.25. The lowest BCUT2D eigenvalue weighted by molar-refractivity contribution is 1.28. The third-order valence-electron chi connectivity index (χ3n) is 3.37.